The third-order valence-electron chi connectivity index (χ3n) is 3.73. The third-order valence-corrected chi connectivity index (χ3v) is 5.20. The second-order valence-electron chi connectivity index (χ2n) is 5.10. The minimum Gasteiger partial charge on any atom is -0.312 e. The van der Waals surface area contributed by atoms with Crippen molar-refractivity contribution in [3.63, 3.8) is 0 Å². The van der Waals surface area contributed by atoms with E-state index in [0.29, 0.717) is 10.8 Å². The molecule has 0 saturated heterocycles. The lowest BCUT2D eigenvalue weighted by atomic mass is 10.0. The number of nitrogens with one attached hydrogen (secondary N) is 1. The Bertz CT molecular complexity index is 405. The van der Waals surface area contributed by atoms with Gasteiger partial charge in [-0.3, -0.25) is 0 Å². The van der Waals surface area contributed by atoms with Crippen molar-refractivity contribution in [2.75, 3.05) is 12.8 Å². The van der Waals surface area contributed by atoms with Crippen molar-refractivity contribution in [1.82, 2.24) is 5.32 Å². The first-order valence-corrected chi connectivity index (χ1v) is 7.99. The number of hydrogen-bond acceptors (Lipinski definition) is 2. The van der Waals surface area contributed by atoms with E-state index in [1.54, 1.807) is 7.05 Å². The van der Waals surface area contributed by atoms with Crippen LogP contribution in [0.4, 0.5) is 8.78 Å². The summed E-state index contributed by atoms with van der Waals surface area (Å²) in [6, 6.07) is 3.56. The van der Waals surface area contributed by atoms with E-state index in [4.69, 9.17) is 0 Å². The Morgan fingerprint density at radius 2 is 2.00 bits per heavy atom. The van der Waals surface area contributed by atoms with Crippen molar-refractivity contribution in [3.8, 4) is 0 Å². The molecule has 0 aromatic heterocycles. The predicted octanol–water partition coefficient (Wildman–Crippen LogP) is 4.29. The summed E-state index contributed by atoms with van der Waals surface area (Å²) in [4.78, 5) is 0. The van der Waals surface area contributed by atoms with E-state index < -0.39 is 0 Å². The highest BCUT2D eigenvalue weighted by atomic mass is 32.2. The minimum atomic E-state index is -0.376. The topological polar surface area (TPSA) is 12.0 Å². The predicted molar refractivity (Wildman–Crippen MR) is 77.5 cm³/mol. The van der Waals surface area contributed by atoms with Crippen LogP contribution >= 0.6 is 11.8 Å². The van der Waals surface area contributed by atoms with E-state index in [1.165, 1.54) is 50.3 Å². The molecule has 1 aliphatic rings. The molecule has 1 nitrogen and oxygen atoms in total. The Morgan fingerprint density at radius 1 is 1.26 bits per heavy atom. The summed E-state index contributed by atoms with van der Waals surface area (Å²) in [6.45, 7) is 0. The molecule has 1 unspecified atom stereocenters. The van der Waals surface area contributed by atoms with Crippen LogP contribution in [0.5, 0.6) is 0 Å². The zero-order valence-electron chi connectivity index (χ0n) is 11.3. The highest BCUT2D eigenvalue weighted by Gasteiger charge is 2.19. The SMILES string of the molecule is CNC(CSC1CCCCC1)c1cc(F)ccc1F. The van der Waals surface area contributed by atoms with Crippen molar-refractivity contribution in [3.05, 3.63) is 35.4 Å². The zero-order valence-corrected chi connectivity index (χ0v) is 12.1. The monoisotopic (exact) mass is 285 g/mol. The second-order valence-corrected chi connectivity index (χ2v) is 6.43. The fraction of sp³-hybridized carbons (Fsp3) is 0.600. The Labute approximate surface area is 118 Å². The van der Waals surface area contributed by atoms with E-state index in [0.717, 1.165) is 5.75 Å². The first-order valence-electron chi connectivity index (χ1n) is 6.94. The van der Waals surface area contributed by atoms with Crippen LogP contribution in [0, 0.1) is 11.6 Å². The van der Waals surface area contributed by atoms with Crippen LogP contribution in [-0.4, -0.2) is 18.1 Å². The first-order chi connectivity index (χ1) is 9.20. The molecule has 19 heavy (non-hydrogen) atoms. The lowest BCUT2D eigenvalue weighted by Gasteiger charge is -2.24. The van der Waals surface area contributed by atoms with Crippen molar-refractivity contribution in [2.45, 2.75) is 43.4 Å². The van der Waals surface area contributed by atoms with Crippen LogP contribution < -0.4 is 5.32 Å². The smallest absolute Gasteiger partial charge is 0.128 e. The minimum absolute atomic E-state index is 0.123. The Hall–Kier alpha value is -0.610. The summed E-state index contributed by atoms with van der Waals surface area (Å²) < 4.78 is 27.0. The molecule has 1 aromatic carbocycles. The van der Waals surface area contributed by atoms with Crippen molar-refractivity contribution >= 4 is 11.8 Å². The molecule has 1 fully saturated rings. The normalized spacial score (nSPS) is 18.5. The van der Waals surface area contributed by atoms with Crippen LogP contribution in [0.1, 0.15) is 43.7 Å². The molecule has 0 amide bonds. The van der Waals surface area contributed by atoms with Gasteiger partial charge in [0.25, 0.3) is 0 Å². The van der Waals surface area contributed by atoms with Crippen LogP contribution in [0.15, 0.2) is 18.2 Å². The van der Waals surface area contributed by atoms with E-state index in [2.05, 4.69) is 5.32 Å². The van der Waals surface area contributed by atoms with Gasteiger partial charge in [0.1, 0.15) is 11.6 Å². The summed E-state index contributed by atoms with van der Waals surface area (Å²) in [5.74, 6) is 0.0889. The molecule has 1 aromatic rings. The lowest BCUT2D eigenvalue weighted by Crippen LogP contribution is -2.22. The van der Waals surface area contributed by atoms with Crippen LogP contribution in [0.25, 0.3) is 0 Å². The van der Waals surface area contributed by atoms with Crippen LogP contribution in [0.2, 0.25) is 0 Å². The molecule has 0 radical (unpaired) electrons. The summed E-state index contributed by atoms with van der Waals surface area (Å²) in [5.41, 5.74) is 0.436. The lowest BCUT2D eigenvalue weighted by molar-refractivity contribution is 0.513. The average molecular weight is 285 g/mol. The molecule has 1 aliphatic carbocycles. The van der Waals surface area contributed by atoms with Crippen molar-refractivity contribution in [1.29, 1.82) is 0 Å². The maximum absolute atomic E-state index is 13.8. The van der Waals surface area contributed by atoms with E-state index in [9.17, 15) is 8.78 Å². The molecule has 1 saturated carbocycles. The molecule has 1 N–H and O–H groups in total. The van der Waals surface area contributed by atoms with Gasteiger partial charge in [-0.15, -0.1) is 0 Å². The van der Waals surface area contributed by atoms with Gasteiger partial charge in [0.15, 0.2) is 0 Å². The number of benzene rings is 1. The summed E-state index contributed by atoms with van der Waals surface area (Å²) in [6.07, 6.45) is 6.46. The molecular formula is C15H21F2NS. The Morgan fingerprint density at radius 3 is 2.68 bits per heavy atom. The van der Waals surface area contributed by atoms with Gasteiger partial charge in [-0.1, -0.05) is 19.3 Å². The number of hydrogen-bond donors (Lipinski definition) is 1. The number of thioether (sulfide) groups is 1. The van der Waals surface area contributed by atoms with Crippen LogP contribution in [-0.2, 0) is 0 Å². The molecule has 0 bridgehead atoms. The van der Waals surface area contributed by atoms with E-state index in [1.807, 2.05) is 11.8 Å². The fourth-order valence-electron chi connectivity index (χ4n) is 2.57. The van der Waals surface area contributed by atoms with Gasteiger partial charge < -0.3 is 5.32 Å². The molecular weight excluding hydrogens is 264 g/mol. The highest BCUT2D eigenvalue weighted by molar-refractivity contribution is 7.99. The van der Waals surface area contributed by atoms with E-state index in [-0.39, 0.29) is 17.7 Å². The van der Waals surface area contributed by atoms with E-state index >= 15 is 0 Å². The van der Waals surface area contributed by atoms with Gasteiger partial charge in [0.2, 0.25) is 0 Å². The van der Waals surface area contributed by atoms with Gasteiger partial charge in [0.05, 0.1) is 0 Å². The van der Waals surface area contributed by atoms with Gasteiger partial charge in [-0.2, -0.15) is 11.8 Å². The Balaban J connectivity index is 1.97. The average Bonchev–Trinajstić information content (AvgIpc) is 2.44. The van der Waals surface area contributed by atoms with Crippen molar-refractivity contribution in [2.24, 2.45) is 0 Å². The zero-order chi connectivity index (χ0) is 13.7. The maximum atomic E-state index is 13.8. The maximum Gasteiger partial charge on any atom is 0.128 e. The van der Waals surface area contributed by atoms with Gasteiger partial charge in [0, 0.05) is 22.6 Å². The molecule has 0 heterocycles. The summed E-state index contributed by atoms with van der Waals surface area (Å²) >= 11 is 1.89. The summed E-state index contributed by atoms with van der Waals surface area (Å²) in [5, 5.41) is 3.78. The number of rotatable bonds is 5. The molecule has 4 heteroatoms. The van der Waals surface area contributed by atoms with Gasteiger partial charge >= 0.3 is 0 Å². The molecule has 1 atom stereocenters. The molecule has 0 spiro atoms. The molecule has 2 rings (SSSR count). The molecule has 106 valence electrons. The standard InChI is InChI=1S/C15H21F2NS/c1-18-15(10-19-12-5-3-2-4-6-12)13-9-11(16)7-8-14(13)17/h7-9,12,15,18H,2-6,10H2,1H3. The fourth-order valence-corrected chi connectivity index (χ4v) is 4.05. The Kier molecular flexibility index (Phi) is 5.64. The number of halogens is 2. The highest BCUT2D eigenvalue weighted by Crippen LogP contribution is 2.31. The molecule has 0 aliphatic heterocycles. The van der Waals surface area contributed by atoms with Crippen molar-refractivity contribution < 1.29 is 8.78 Å². The van der Waals surface area contributed by atoms with Gasteiger partial charge in [-0.25, -0.2) is 8.78 Å². The largest absolute Gasteiger partial charge is 0.312 e. The third kappa shape index (κ3) is 4.18. The second kappa shape index (κ2) is 7.25. The van der Waals surface area contributed by atoms with Gasteiger partial charge in [-0.05, 0) is 38.1 Å². The van der Waals surface area contributed by atoms with Crippen LogP contribution in [0.3, 0.4) is 0 Å². The quantitative estimate of drug-likeness (QED) is 0.866. The first kappa shape index (κ1) is 14.8. The summed E-state index contributed by atoms with van der Waals surface area (Å²) in [7, 11) is 1.80.